The SMILES string of the molecule is c1nc2c(c(-c3ccc(OC4CC4)cc3)n1)CNCC2. The molecule has 2 aliphatic rings. The van der Waals surface area contributed by atoms with Gasteiger partial charge in [0.25, 0.3) is 0 Å². The molecule has 0 radical (unpaired) electrons. The monoisotopic (exact) mass is 267 g/mol. The fourth-order valence-corrected chi connectivity index (χ4v) is 2.59. The average molecular weight is 267 g/mol. The molecule has 1 aliphatic heterocycles. The normalized spacial score (nSPS) is 17.6. The van der Waals surface area contributed by atoms with Crippen molar-refractivity contribution < 1.29 is 4.74 Å². The van der Waals surface area contributed by atoms with E-state index in [1.54, 1.807) is 6.33 Å². The van der Waals surface area contributed by atoms with Gasteiger partial charge in [-0.05, 0) is 37.1 Å². The van der Waals surface area contributed by atoms with E-state index in [1.165, 1.54) is 24.1 Å². The van der Waals surface area contributed by atoms with E-state index in [0.717, 1.165) is 36.5 Å². The molecule has 4 rings (SSSR count). The molecular weight excluding hydrogens is 250 g/mol. The first kappa shape index (κ1) is 11.9. The highest BCUT2D eigenvalue weighted by Crippen LogP contribution is 2.30. The molecule has 2 aromatic rings. The first-order valence-corrected chi connectivity index (χ1v) is 7.21. The van der Waals surface area contributed by atoms with Crippen molar-refractivity contribution >= 4 is 0 Å². The van der Waals surface area contributed by atoms with Gasteiger partial charge >= 0.3 is 0 Å². The minimum absolute atomic E-state index is 0.442. The van der Waals surface area contributed by atoms with Gasteiger partial charge < -0.3 is 10.1 Å². The largest absolute Gasteiger partial charge is 0.490 e. The molecule has 1 aliphatic carbocycles. The Balaban J connectivity index is 1.66. The van der Waals surface area contributed by atoms with Crippen LogP contribution >= 0.6 is 0 Å². The molecule has 0 amide bonds. The van der Waals surface area contributed by atoms with Gasteiger partial charge in [0.1, 0.15) is 12.1 Å². The predicted molar refractivity (Wildman–Crippen MR) is 76.5 cm³/mol. The predicted octanol–water partition coefficient (Wildman–Crippen LogP) is 2.33. The van der Waals surface area contributed by atoms with Crippen molar-refractivity contribution in [1.82, 2.24) is 15.3 Å². The smallest absolute Gasteiger partial charge is 0.119 e. The van der Waals surface area contributed by atoms with Crippen LogP contribution in [0.3, 0.4) is 0 Å². The number of aromatic nitrogens is 2. The molecule has 0 atom stereocenters. The molecule has 0 saturated heterocycles. The zero-order valence-electron chi connectivity index (χ0n) is 11.3. The van der Waals surface area contributed by atoms with Gasteiger partial charge in [0, 0.05) is 30.6 Å². The summed E-state index contributed by atoms with van der Waals surface area (Å²) in [6, 6.07) is 8.26. The number of nitrogens with zero attached hydrogens (tertiary/aromatic N) is 2. The summed E-state index contributed by atoms with van der Waals surface area (Å²) in [5, 5.41) is 3.39. The van der Waals surface area contributed by atoms with Crippen LogP contribution in [0.1, 0.15) is 24.1 Å². The lowest BCUT2D eigenvalue weighted by atomic mass is 10.0. The highest BCUT2D eigenvalue weighted by Gasteiger charge is 2.23. The van der Waals surface area contributed by atoms with Crippen molar-refractivity contribution in [2.45, 2.75) is 31.9 Å². The van der Waals surface area contributed by atoms with E-state index in [4.69, 9.17) is 4.74 Å². The number of ether oxygens (including phenoxy) is 1. The van der Waals surface area contributed by atoms with E-state index in [1.807, 2.05) is 12.1 Å². The maximum atomic E-state index is 5.78. The summed E-state index contributed by atoms with van der Waals surface area (Å²) in [6.45, 7) is 1.85. The zero-order chi connectivity index (χ0) is 13.4. The zero-order valence-corrected chi connectivity index (χ0v) is 11.3. The first-order valence-electron chi connectivity index (χ1n) is 7.21. The van der Waals surface area contributed by atoms with E-state index < -0.39 is 0 Å². The summed E-state index contributed by atoms with van der Waals surface area (Å²) in [7, 11) is 0. The minimum Gasteiger partial charge on any atom is -0.490 e. The van der Waals surface area contributed by atoms with Crippen LogP contribution in [0, 0.1) is 0 Å². The van der Waals surface area contributed by atoms with Crippen LogP contribution in [-0.4, -0.2) is 22.6 Å². The van der Waals surface area contributed by atoms with Crippen LogP contribution in [-0.2, 0) is 13.0 Å². The average Bonchev–Trinajstić information content (AvgIpc) is 3.32. The van der Waals surface area contributed by atoms with Crippen LogP contribution in [0.2, 0.25) is 0 Å². The summed E-state index contributed by atoms with van der Waals surface area (Å²) in [5.74, 6) is 0.956. The maximum absolute atomic E-state index is 5.78. The summed E-state index contributed by atoms with van der Waals surface area (Å²) < 4.78 is 5.78. The van der Waals surface area contributed by atoms with Crippen LogP contribution in [0.15, 0.2) is 30.6 Å². The molecule has 102 valence electrons. The lowest BCUT2D eigenvalue weighted by molar-refractivity contribution is 0.303. The fraction of sp³-hybridized carbons (Fsp3) is 0.375. The van der Waals surface area contributed by atoms with Gasteiger partial charge in [0.05, 0.1) is 17.5 Å². The molecule has 0 bridgehead atoms. The Morgan fingerprint density at radius 3 is 2.75 bits per heavy atom. The molecule has 20 heavy (non-hydrogen) atoms. The quantitative estimate of drug-likeness (QED) is 0.927. The fourth-order valence-electron chi connectivity index (χ4n) is 2.59. The molecule has 0 spiro atoms. The molecule has 1 aromatic heterocycles. The number of hydrogen-bond donors (Lipinski definition) is 1. The van der Waals surface area contributed by atoms with E-state index in [9.17, 15) is 0 Å². The van der Waals surface area contributed by atoms with Gasteiger partial charge in [-0.1, -0.05) is 0 Å². The summed E-state index contributed by atoms with van der Waals surface area (Å²) >= 11 is 0. The van der Waals surface area contributed by atoms with Crippen LogP contribution in [0.25, 0.3) is 11.3 Å². The van der Waals surface area contributed by atoms with Crippen LogP contribution < -0.4 is 10.1 Å². The Hall–Kier alpha value is -1.94. The second-order valence-electron chi connectivity index (χ2n) is 5.42. The number of benzene rings is 1. The van der Waals surface area contributed by atoms with E-state index in [-0.39, 0.29) is 0 Å². The Bertz CT molecular complexity index is 620. The Kier molecular flexibility index (Phi) is 2.89. The van der Waals surface area contributed by atoms with Crippen molar-refractivity contribution in [3.63, 3.8) is 0 Å². The van der Waals surface area contributed by atoms with Crippen molar-refractivity contribution in [1.29, 1.82) is 0 Å². The second kappa shape index (κ2) is 4.87. The molecule has 0 unspecified atom stereocenters. The highest BCUT2D eigenvalue weighted by atomic mass is 16.5. The molecule has 4 heteroatoms. The third-order valence-corrected chi connectivity index (χ3v) is 3.83. The van der Waals surface area contributed by atoms with Crippen LogP contribution in [0.5, 0.6) is 5.75 Å². The summed E-state index contributed by atoms with van der Waals surface area (Å²) in [6.07, 6.45) is 5.47. The van der Waals surface area contributed by atoms with Gasteiger partial charge in [0.15, 0.2) is 0 Å². The molecule has 1 aromatic carbocycles. The molecule has 2 heterocycles. The number of hydrogen-bond acceptors (Lipinski definition) is 4. The third-order valence-electron chi connectivity index (χ3n) is 3.83. The van der Waals surface area contributed by atoms with E-state index in [0.29, 0.717) is 6.10 Å². The van der Waals surface area contributed by atoms with Gasteiger partial charge in [-0.15, -0.1) is 0 Å². The standard InChI is InChI=1S/C16H17N3O/c1-3-12(20-13-5-6-13)4-2-11(1)16-14-9-17-8-7-15(14)18-10-19-16/h1-4,10,13,17H,5-9H2. The molecule has 4 nitrogen and oxygen atoms in total. The summed E-state index contributed by atoms with van der Waals surface area (Å²) in [4.78, 5) is 8.87. The highest BCUT2D eigenvalue weighted by molar-refractivity contribution is 5.64. The van der Waals surface area contributed by atoms with Crippen molar-refractivity contribution in [2.24, 2.45) is 0 Å². The van der Waals surface area contributed by atoms with Crippen LogP contribution in [0.4, 0.5) is 0 Å². The van der Waals surface area contributed by atoms with Gasteiger partial charge in [-0.3, -0.25) is 0 Å². The summed E-state index contributed by atoms with van der Waals surface area (Å²) in [5.41, 5.74) is 4.58. The molecule has 1 fully saturated rings. The van der Waals surface area contributed by atoms with Gasteiger partial charge in [-0.2, -0.15) is 0 Å². The topological polar surface area (TPSA) is 47.0 Å². The lowest BCUT2D eigenvalue weighted by Gasteiger charge is -2.18. The Labute approximate surface area is 118 Å². The number of fused-ring (bicyclic) bond motifs is 1. The Morgan fingerprint density at radius 2 is 1.95 bits per heavy atom. The lowest BCUT2D eigenvalue weighted by Crippen LogP contribution is -2.25. The number of rotatable bonds is 3. The molecule has 1 N–H and O–H groups in total. The number of nitrogens with one attached hydrogen (secondary N) is 1. The van der Waals surface area contributed by atoms with Crippen molar-refractivity contribution in [3.05, 3.63) is 41.9 Å². The molecule has 1 saturated carbocycles. The third kappa shape index (κ3) is 2.27. The van der Waals surface area contributed by atoms with E-state index >= 15 is 0 Å². The van der Waals surface area contributed by atoms with Gasteiger partial charge in [0.2, 0.25) is 0 Å². The first-order chi connectivity index (χ1) is 9.90. The van der Waals surface area contributed by atoms with Gasteiger partial charge in [-0.25, -0.2) is 9.97 Å². The molecular formula is C16H17N3O. The van der Waals surface area contributed by atoms with Crippen molar-refractivity contribution in [3.8, 4) is 17.0 Å². The maximum Gasteiger partial charge on any atom is 0.119 e. The minimum atomic E-state index is 0.442. The Morgan fingerprint density at radius 1 is 1.10 bits per heavy atom. The van der Waals surface area contributed by atoms with E-state index in [2.05, 4.69) is 27.4 Å². The van der Waals surface area contributed by atoms with Crippen molar-refractivity contribution in [2.75, 3.05) is 6.54 Å². The second-order valence-corrected chi connectivity index (χ2v) is 5.42.